The third-order valence-electron chi connectivity index (χ3n) is 4.09. The lowest BCUT2D eigenvalue weighted by atomic mass is 10.0. The minimum Gasteiger partial charge on any atom is -0.349 e. The molecule has 1 atom stereocenters. The van der Waals surface area contributed by atoms with E-state index in [9.17, 15) is 9.59 Å². The molecule has 1 unspecified atom stereocenters. The molecule has 0 spiro atoms. The normalized spacial score (nSPS) is 11.6. The van der Waals surface area contributed by atoms with Gasteiger partial charge in [0.2, 0.25) is 23.5 Å². The molecule has 144 valence electrons. The molecule has 8 nitrogen and oxygen atoms in total. The van der Waals surface area contributed by atoms with Gasteiger partial charge in [-0.1, -0.05) is 35.0 Å². The number of hydrogen-bond donors (Lipinski definition) is 2. The van der Waals surface area contributed by atoms with E-state index in [-0.39, 0.29) is 24.8 Å². The second-order valence-electron chi connectivity index (χ2n) is 6.39. The number of pyridine rings is 1. The molecule has 0 fully saturated rings. The van der Waals surface area contributed by atoms with Gasteiger partial charge in [0.05, 0.1) is 19.0 Å². The Labute approximate surface area is 162 Å². The lowest BCUT2D eigenvalue weighted by Gasteiger charge is -2.18. The quantitative estimate of drug-likeness (QED) is 0.652. The van der Waals surface area contributed by atoms with Gasteiger partial charge < -0.3 is 15.2 Å². The summed E-state index contributed by atoms with van der Waals surface area (Å²) in [6.07, 6.45) is 3.38. The highest BCUT2D eigenvalue weighted by Gasteiger charge is 2.18. The zero-order valence-corrected chi connectivity index (χ0v) is 15.7. The molecule has 2 aromatic heterocycles. The average Bonchev–Trinajstić information content (AvgIpc) is 3.16. The van der Waals surface area contributed by atoms with E-state index in [1.165, 1.54) is 6.92 Å². The Morgan fingerprint density at radius 1 is 1.11 bits per heavy atom. The molecular formula is C20H21N5O3. The van der Waals surface area contributed by atoms with Crippen LogP contribution in [0.2, 0.25) is 0 Å². The van der Waals surface area contributed by atoms with E-state index in [1.54, 1.807) is 24.5 Å². The zero-order chi connectivity index (χ0) is 19.9. The third kappa shape index (κ3) is 5.23. The summed E-state index contributed by atoms with van der Waals surface area (Å²) in [5.41, 5.74) is 2.76. The van der Waals surface area contributed by atoms with Crippen molar-refractivity contribution < 1.29 is 14.1 Å². The molecule has 0 aliphatic carbocycles. The van der Waals surface area contributed by atoms with Crippen molar-refractivity contribution in [2.45, 2.75) is 32.9 Å². The molecule has 0 aliphatic heterocycles. The molecule has 3 aromatic rings. The number of benzene rings is 1. The molecular weight excluding hydrogens is 358 g/mol. The largest absolute Gasteiger partial charge is 0.349 e. The number of rotatable bonds is 7. The Balaban J connectivity index is 1.59. The van der Waals surface area contributed by atoms with Crippen LogP contribution in [-0.4, -0.2) is 26.9 Å². The summed E-state index contributed by atoms with van der Waals surface area (Å²) in [6.45, 7) is 3.52. The fraction of sp³-hybridized carbons (Fsp3) is 0.250. The Bertz CT molecular complexity index is 938. The molecule has 2 N–H and O–H groups in total. The van der Waals surface area contributed by atoms with Crippen LogP contribution in [-0.2, 0) is 16.1 Å². The topological polar surface area (TPSA) is 110 Å². The number of aromatic nitrogens is 3. The van der Waals surface area contributed by atoms with Gasteiger partial charge in [0.1, 0.15) is 0 Å². The summed E-state index contributed by atoms with van der Waals surface area (Å²) in [7, 11) is 0. The number of amides is 2. The Hall–Kier alpha value is -3.55. The highest BCUT2D eigenvalue weighted by molar-refractivity contribution is 5.79. The van der Waals surface area contributed by atoms with E-state index >= 15 is 0 Å². The Morgan fingerprint density at radius 2 is 1.82 bits per heavy atom. The second kappa shape index (κ2) is 8.90. The van der Waals surface area contributed by atoms with E-state index < -0.39 is 6.04 Å². The predicted molar refractivity (Wildman–Crippen MR) is 102 cm³/mol. The van der Waals surface area contributed by atoms with Crippen molar-refractivity contribution in [1.29, 1.82) is 0 Å². The third-order valence-corrected chi connectivity index (χ3v) is 4.09. The van der Waals surface area contributed by atoms with Crippen molar-refractivity contribution in [1.82, 2.24) is 25.8 Å². The molecule has 2 heterocycles. The van der Waals surface area contributed by atoms with Crippen molar-refractivity contribution in [2.24, 2.45) is 0 Å². The van der Waals surface area contributed by atoms with Crippen LogP contribution in [0.3, 0.4) is 0 Å². The van der Waals surface area contributed by atoms with Crippen LogP contribution in [0.1, 0.15) is 36.4 Å². The van der Waals surface area contributed by atoms with Crippen LogP contribution in [0, 0.1) is 6.92 Å². The van der Waals surface area contributed by atoms with Crippen molar-refractivity contribution in [3.63, 3.8) is 0 Å². The van der Waals surface area contributed by atoms with E-state index in [1.807, 2.05) is 31.2 Å². The summed E-state index contributed by atoms with van der Waals surface area (Å²) in [4.78, 5) is 32.1. The summed E-state index contributed by atoms with van der Waals surface area (Å²) in [5.74, 6) is 0.300. The van der Waals surface area contributed by atoms with Crippen LogP contribution < -0.4 is 10.6 Å². The molecule has 1 aromatic carbocycles. The molecule has 3 rings (SSSR count). The van der Waals surface area contributed by atoms with Crippen molar-refractivity contribution in [2.75, 3.05) is 0 Å². The summed E-state index contributed by atoms with van der Waals surface area (Å²) >= 11 is 0. The van der Waals surface area contributed by atoms with E-state index in [0.717, 1.165) is 16.7 Å². The first-order chi connectivity index (χ1) is 13.5. The van der Waals surface area contributed by atoms with Crippen LogP contribution in [0.25, 0.3) is 11.4 Å². The van der Waals surface area contributed by atoms with Crippen LogP contribution in [0.4, 0.5) is 0 Å². The summed E-state index contributed by atoms with van der Waals surface area (Å²) in [5, 5.41) is 9.46. The van der Waals surface area contributed by atoms with Crippen LogP contribution >= 0.6 is 0 Å². The summed E-state index contributed by atoms with van der Waals surface area (Å²) < 4.78 is 5.17. The smallest absolute Gasteiger partial charge is 0.246 e. The van der Waals surface area contributed by atoms with Crippen molar-refractivity contribution in [3.8, 4) is 11.4 Å². The molecule has 2 amide bonds. The van der Waals surface area contributed by atoms with Gasteiger partial charge in [-0.3, -0.25) is 14.6 Å². The van der Waals surface area contributed by atoms with Gasteiger partial charge in [0.25, 0.3) is 0 Å². The SMILES string of the molecule is CC(=O)NC(CC(=O)NCc1nc(-c2ccncc2)no1)c1ccc(C)cc1. The van der Waals surface area contributed by atoms with Gasteiger partial charge >= 0.3 is 0 Å². The number of aryl methyl sites for hydroxylation is 1. The fourth-order valence-electron chi connectivity index (χ4n) is 2.67. The molecule has 28 heavy (non-hydrogen) atoms. The van der Waals surface area contributed by atoms with Gasteiger partial charge in [0.15, 0.2) is 0 Å². The first-order valence-electron chi connectivity index (χ1n) is 8.84. The van der Waals surface area contributed by atoms with E-state index in [0.29, 0.717) is 11.7 Å². The van der Waals surface area contributed by atoms with E-state index in [4.69, 9.17) is 4.52 Å². The Kier molecular flexibility index (Phi) is 6.11. The van der Waals surface area contributed by atoms with Gasteiger partial charge in [-0.15, -0.1) is 0 Å². The van der Waals surface area contributed by atoms with E-state index in [2.05, 4.69) is 25.8 Å². The second-order valence-corrected chi connectivity index (χ2v) is 6.39. The molecule has 0 saturated heterocycles. The summed E-state index contributed by atoms with van der Waals surface area (Å²) in [6, 6.07) is 10.8. The highest BCUT2D eigenvalue weighted by atomic mass is 16.5. The lowest BCUT2D eigenvalue weighted by Crippen LogP contribution is -2.32. The fourth-order valence-corrected chi connectivity index (χ4v) is 2.67. The maximum absolute atomic E-state index is 12.4. The maximum atomic E-state index is 12.4. The molecule has 0 bridgehead atoms. The minimum atomic E-state index is -0.409. The molecule has 8 heteroatoms. The zero-order valence-electron chi connectivity index (χ0n) is 15.7. The first-order valence-corrected chi connectivity index (χ1v) is 8.84. The standard InChI is InChI=1S/C20H21N5O3/c1-13-3-5-15(6-4-13)17(23-14(2)26)11-18(27)22-12-19-24-20(25-28-19)16-7-9-21-10-8-16/h3-10,17H,11-12H2,1-2H3,(H,22,27)(H,23,26). The monoisotopic (exact) mass is 379 g/mol. The number of carbonyl (C=O) groups excluding carboxylic acids is 2. The molecule has 0 radical (unpaired) electrons. The number of nitrogens with one attached hydrogen (secondary N) is 2. The van der Waals surface area contributed by atoms with Crippen LogP contribution in [0.5, 0.6) is 0 Å². The van der Waals surface area contributed by atoms with Gasteiger partial charge in [-0.2, -0.15) is 4.98 Å². The minimum absolute atomic E-state index is 0.105. The highest BCUT2D eigenvalue weighted by Crippen LogP contribution is 2.18. The maximum Gasteiger partial charge on any atom is 0.246 e. The lowest BCUT2D eigenvalue weighted by molar-refractivity contribution is -0.123. The molecule has 0 aliphatic rings. The predicted octanol–water partition coefficient (Wildman–Crippen LogP) is 2.32. The number of nitrogens with zero attached hydrogens (tertiary/aromatic N) is 3. The number of hydrogen-bond acceptors (Lipinski definition) is 6. The van der Waals surface area contributed by atoms with Crippen molar-refractivity contribution in [3.05, 3.63) is 65.8 Å². The van der Waals surface area contributed by atoms with Gasteiger partial charge in [-0.05, 0) is 24.6 Å². The average molecular weight is 379 g/mol. The first kappa shape index (κ1) is 19.2. The van der Waals surface area contributed by atoms with Gasteiger partial charge in [0, 0.05) is 24.9 Å². The molecule has 0 saturated carbocycles. The number of carbonyl (C=O) groups is 2. The van der Waals surface area contributed by atoms with Crippen LogP contribution in [0.15, 0.2) is 53.3 Å². The van der Waals surface area contributed by atoms with Crippen molar-refractivity contribution >= 4 is 11.8 Å². The van der Waals surface area contributed by atoms with Gasteiger partial charge in [-0.25, -0.2) is 0 Å². The Morgan fingerprint density at radius 3 is 2.50 bits per heavy atom.